The van der Waals surface area contributed by atoms with Gasteiger partial charge in [0.15, 0.2) is 0 Å². The summed E-state index contributed by atoms with van der Waals surface area (Å²) in [7, 11) is 0. The van der Waals surface area contributed by atoms with Crippen LogP contribution in [-0.4, -0.2) is 17.6 Å². The number of halogens is 4. The minimum absolute atomic E-state index is 0. The van der Waals surface area contributed by atoms with Gasteiger partial charge >= 0.3 is 0 Å². The van der Waals surface area contributed by atoms with Gasteiger partial charge in [0, 0.05) is 0 Å². The molecule has 2 nitrogen and oxygen atoms in total. The summed E-state index contributed by atoms with van der Waals surface area (Å²) in [4.78, 5) is 0. The Bertz CT molecular complexity index is 305. The van der Waals surface area contributed by atoms with E-state index in [0.717, 1.165) is 12.1 Å². The number of aliphatic hydroxyl groups is 1. The molecule has 0 fully saturated rings. The fourth-order valence-corrected chi connectivity index (χ4v) is 1.01. The van der Waals surface area contributed by atoms with Crippen molar-refractivity contribution in [3.05, 3.63) is 35.6 Å². The van der Waals surface area contributed by atoms with Crippen molar-refractivity contribution in [3.8, 4) is 0 Å². The molecule has 0 aliphatic heterocycles. The van der Waals surface area contributed by atoms with E-state index in [4.69, 9.17) is 10.8 Å². The first-order valence-electron chi connectivity index (χ1n) is 3.97. The Morgan fingerprint density at radius 1 is 1.27 bits per heavy atom. The van der Waals surface area contributed by atoms with Crippen LogP contribution in [0.3, 0.4) is 0 Å². The van der Waals surface area contributed by atoms with Gasteiger partial charge in [-0.1, -0.05) is 12.1 Å². The molecule has 0 aliphatic rings. The highest BCUT2D eigenvalue weighted by Gasteiger charge is 2.37. The number of hydrogen-bond acceptors (Lipinski definition) is 2. The summed E-state index contributed by atoms with van der Waals surface area (Å²) in [5.74, 6) is -3.91. The van der Waals surface area contributed by atoms with Crippen molar-refractivity contribution in [1.82, 2.24) is 0 Å². The molecule has 0 unspecified atom stereocenters. The number of nitrogens with two attached hydrogens (primary N) is 1. The van der Waals surface area contributed by atoms with Crippen LogP contribution in [0.15, 0.2) is 24.3 Å². The van der Waals surface area contributed by atoms with Gasteiger partial charge < -0.3 is 10.8 Å². The van der Waals surface area contributed by atoms with Gasteiger partial charge in [0.1, 0.15) is 12.4 Å². The monoisotopic (exact) mass is 241 g/mol. The second kappa shape index (κ2) is 5.34. The minimum atomic E-state index is -3.39. The van der Waals surface area contributed by atoms with Crippen molar-refractivity contribution in [2.24, 2.45) is 5.73 Å². The quantitative estimate of drug-likeness (QED) is 0.849. The van der Waals surface area contributed by atoms with Crippen LogP contribution in [0, 0.1) is 5.82 Å². The van der Waals surface area contributed by atoms with E-state index >= 15 is 0 Å². The van der Waals surface area contributed by atoms with E-state index in [2.05, 4.69) is 0 Å². The first-order valence-corrected chi connectivity index (χ1v) is 3.97. The second-order valence-corrected chi connectivity index (χ2v) is 2.95. The molecule has 1 aromatic carbocycles. The van der Waals surface area contributed by atoms with Crippen LogP contribution in [0.4, 0.5) is 13.2 Å². The Balaban J connectivity index is 0.00000196. The van der Waals surface area contributed by atoms with Crippen molar-refractivity contribution in [2.45, 2.75) is 12.0 Å². The topological polar surface area (TPSA) is 46.2 Å². The molecule has 86 valence electrons. The van der Waals surface area contributed by atoms with Gasteiger partial charge in [0.25, 0.3) is 5.92 Å². The van der Waals surface area contributed by atoms with Crippen molar-refractivity contribution in [3.63, 3.8) is 0 Å². The average Bonchev–Trinajstić information content (AvgIpc) is 2.18. The van der Waals surface area contributed by atoms with Crippen molar-refractivity contribution in [2.75, 3.05) is 6.61 Å². The summed E-state index contributed by atoms with van der Waals surface area (Å²) in [6.07, 6.45) is 0. The van der Waals surface area contributed by atoms with Crippen molar-refractivity contribution < 1.29 is 18.3 Å². The van der Waals surface area contributed by atoms with E-state index in [-0.39, 0.29) is 18.0 Å². The maximum absolute atomic E-state index is 12.9. The van der Waals surface area contributed by atoms with Gasteiger partial charge in [0.2, 0.25) is 0 Å². The van der Waals surface area contributed by atoms with E-state index in [9.17, 15) is 13.2 Å². The number of alkyl halides is 2. The fourth-order valence-electron chi connectivity index (χ4n) is 1.01. The summed E-state index contributed by atoms with van der Waals surface area (Å²) in [5, 5.41) is 8.38. The van der Waals surface area contributed by atoms with Gasteiger partial charge in [0.05, 0.1) is 6.04 Å². The Labute approximate surface area is 91.3 Å². The molecular weight excluding hydrogens is 231 g/mol. The average molecular weight is 242 g/mol. The van der Waals surface area contributed by atoms with Crippen LogP contribution in [0.2, 0.25) is 0 Å². The van der Waals surface area contributed by atoms with Crippen LogP contribution in [-0.2, 0) is 0 Å². The Morgan fingerprint density at radius 2 is 1.73 bits per heavy atom. The van der Waals surface area contributed by atoms with E-state index in [1.165, 1.54) is 12.1 Å². The van der Waals surface area contributed by atoms with Crippen LogP contribution in [0.5, 0.6) is 0 Å². The molecule has 0 saturated heterocycles. The van der Waals surface area contributed by atoms with Gasteiger partial charge in [-0.3, -0.25) is 0 Å². The molecule has 0 spiro atoms. The first-order chi connectivity index (χ1) is 6.47. The normalized spacial score (nSPS) is 13.1. The SMILES string of the molecule is Cl.N[C@@H](c1ccc(F)cc1)C(F)(F)CO. The standard InChI is InChI=1S/C9H10F3NO.ClH/c10-7-3-1-6(2-4-7)8(13)9(11,12)5-14;/h1-4,8,14H,5,13H2;1H/t8-;/m0./s1. The Kier molecular flexibility index (Phi) is 5.07. The molecule has 0 aliphatic carbocycles. The third-order valence-electron chi connectivity index (χ3n) is 1.89. The summed E-state index contributed by atoms with van der Waals surface area (Å²) in [6, 6.07) is 2.81. The second-order valence-electron chi connectivity index (χ2n) is 2.95. The lowest BCUT2D eigenvalue weighted by atomic mass is 10.0. The van der Waals surface area contributed by atoms with E-state index in [0.29, 0.717) is 0 Å². The zero-order valence-corrected chi connectivity index (χ0v) is 8.48. The molecule has 6 heteroatoms. The highest BCUT2D eigenvalue weighted by atomic mass is 35.5. The first kappa shape index (κ1) is 14.2. The highest BCUT2D eigenvalue weighted by molar-refractivity contribution is 5.85. The molecule has 1 rings (SSSR count). The maximum atomic E-state index is 12.9. The predicted molar refractivity (Wildman–Crippen MR) is 52.6 cm³/mol. The molecule has 3 N–H and O–H groups in total. The Hall–Kier alpha value is -0.780. The van der Waals surface area contributed by atoms with E-state index < -0.39 is 24.4 Å². The molecule has 0 heterocycles. The van der Waals surface area contributed by atoms with E-state index in [1.807, 2.05) is 0 Å². The largest absolute Gasteiger partial charge is 0.390 e. The number of benzene rings is 1. The molecule has 0 amide bonds. The zero-order chi connectivity index (χ0) is 10.8. The summed E-state index contributed by atoms with van der Waals surface area (Å²) < 4.78 is 38.2. The van der Waals surface area contributed by atoms with E-state index in [1.54, 1.807) is 0 Å². The van der Waals surface area contributed by atoms with Crippen LogP contribution in [0.25, 0.3) is 0 Å². The predicted octanol–water partition coefficient (Wildman–Crippen LogP) is 1.87. The maximum Gasteiger partial charge on any atom is 0.289 e. The molecule has 0 aromatic heterocycles. The lowest BCUT2D eigenvalue weighted by Gasteiger charge is -2.21. The summed E-state index contributed by atoms with van der Waals surface area (Å²) in [5.41, 5.74) is 5.29. The van der Waals surface area contributed by atoms with Gasteiger partial charge in [-0.15, -0.1) is 12.4 Å². The zero-order valence-electron chi connectivity index (χ0n) is 7.66. The lowest BCUT2D eigenvalue weighted by Crippen LogP contribution is -2.36. The number of aliphatic hydroxyl groups excluding tert-OH is 1. The molecular formula is C9H11ClF3NO. The summed E-state index contributed by atoms with van der Waals surface area (Å²) >= 11 is 0. The minimum Gasteiger partial charge on any atom is -0.390 e. The molecule has 0 bridgehead atoms. The third kappa shape index (κ3) is 3.37. The van der Waals surface area contributed by atoms with Gasteiger partial charge in [-0.2, -0.15) is 0 Å². The van der Waals surface area contributed by atoms with Crippen LogP contribution < -0.4 is 5.73 Å². The Morgan fingerprint density at radius 3 is 2.13 bits per heavy atom. The number of hydrogen-bond donors (Lipinski definition) is 2. The molecule has 0 saturated carbocycles. The van der Waals surface area contributed by atoms with Gasteiger partial charge in [-0.05, 0) is 17.7 Å². The molecule has 1 atom stereocenters. The van der Waals surface area contributed by atoms with Crippen molar-refractivity contribution >= 4 is 12.4 Å². The van der Waals surface area contributed by atoms with Crippen LogP contribution >= 0.6 is 12.4 Å². The third-order valence-corrected chi connectivity index (χ3v) is 1.89. The number of rotatable bonds is 3. The molecule has 1 aromatic rings. The van der Waals surface area contributed by atoms with Crippen molar-refractivity contribution in [1.29, 1.82) is 0 Å². The van der Waals surface area contributed by atoms with Crippen LogP contribution in [0.1, 0.15) is 11.6 Å². The fraction of sp³-hybridized carbons (Fsp3) is 0.333. The summed E-state index contributed by atoms with van der Waals surface area (Å²) in [6.45, 7) is -1.33. The van der Waals surface area contributed by atoms with Gasteiger partial charge in [-0.25, -0.2) is 13.2 Å². The highest BCUT2D eigenvalue weighted by Crippen LogP contribution is 2.28. The smallest absolute Gasteiger partial charge is 0.289 e. The lowest BCUT2D eigenvalue weighted by molar-refractivity contribution is -0.0711. The molecule has 0 radical (unpaired) electrons. The molecule has 15 heavy (non-hydrogen) atoms.